The fourth-order valence-corrected chi connectivity index (χ4v) is 2.50. The molecule has 6 heteroatoms. The topological polar surface area (TPSA) is 50.4 Å². The van der Waals surface area contributed by atoms with Crippen LogP contribution in [0.25, 0.3) is 0 Å². The monoisotopic (exact) mass is 410 g/mol. The number of hydrogen-bond acceptors (Lipinski definition) is 3. The zero-order valence-electron chi connectivity index (χ0n) is 12.1. The predicted octanol–water partition coefficient (Wildman–Crippen LogP) is 4.27. The Morgan fingerprint density at radius 1 is 1.45 bits per heavy atom. The number of amides is 1. The maximum Gasteiger partial charge on any atom is 0.407 e. The summed E-state index contributed by atoms with van der Waals surface area (Å²) in [6.07, 6.45) is -0.406. The lowest BCUT2D eigenvalue weighted by molar-refractivity contribution is 0.0526. The predicted molar refractivity (Wildman–Crippen MR) is 91.5 cm³/mol. The van der Waals surface area contributed by atoms with Gasteiger partial charge >= 0.3 is 6.09 Å². The molecule has 0 aliphatic carbocycles. The van der Waals surface area contributed by atoms with Crippen LogP contribution in [0.15, 0.2) is 18.2 Å². The summed E-state index contributed by atoms with van der Waals surface area (Å²) in [6.45, 7) is 7.98. The van der Waals surface area contributed by atoms with Crippen LogP contribution in [0.4, 0.5) is 10.5 Å². The number of halogens is 2. The fraction of sp³-hybridized carbons (Fsp3) is 0.500. The third-order valence-corrected chi connectivity index (χ3v) is 3.41. The van der Waals surface area contributed by atoms with Gasteiger partial charge in [0.1, 0.15) is 5.60 Å². The van der Waals surface area contributed by atoms with E-state index in [0.717, 1.165) is 9.26 Å². The molecule has 112 valence electrons. The number of carbonyl (C=O) groups excluding carboxylic acids is 1. The minimum Gasteiger partial charge on any atom is -0.444 e. The average molecular weight is 411 g/mol. The van der Waals surface area contributed by atoms with Crippen LogP contribution in [0.5, 0.6) is 0 Å². The zero-order valence-corrected chi connectivity index (χ0v) is 15.0. The summed E-state index contributed by atoms with van der Waals surface area (Å²) in [7, 11) is 0. The van der Waals surface area contributed by atoms with Crippen LogP contribution >= 0.6 is 34.2 Å². The van der Waals surface area contributed by atoms with Crippen LogP contribution in [-0.2, 0) is 4.74 Å². The molecular weight excluding hydrogens is 391 g/mol. The SMILES string of the molecule is CC(CNC(=O)OC(C)(C)C)Nc1ccc(Cl)cc1I. The summed E-state index contributed by atoms with van der Waals surface area (Å²) in [6, 6.07) is 5.73. The second kappa shape index (κ2) is 7.36. The van der Waals surface area contributed by atoms with Gasteiger partial charge in [-0.25, -0.2) is 4.79 Å². The van der Waals surface area contributed by atoms with Crippen LogP contribution in [-0.4, -0.2) is 24.3 Å². The zero-order chi connectivity index (χ0) is 15.3. The first kappa shape index (κ1) is 17.4. The van der Waals surface area contributed by atoms with Crippen molar-refractivity contribution in [2.24, 2.45) is 0 Å². The normalized spacial score (nSPS) is 12.7. The van der Waals surface area contributed by atoms with E-state index in [4.69, 9.17) is 16.3 Å². The van der Waals surface area contributed by atoms with E-state index in [-0.39, 0.29) is 6.04 Å². The molecule has 20 heavy (non-hydrogen) atoms. The minimum atomic E-state index is -0.480. The number of hydrogen-bond donors (Lipinski definition) is 2. The highest BCUT2D eigenvalue weighted by Crippen LogP contribution is 2.22. The molecule has 0 aliphatic rings. The van der Waals surface area contributed by atoms with Gasteiger partial charge in [-0.05, 0) is 68.5 Å². The van der Waals surface area contributed by atoms with Crippen LogP contribution in [0.1, 0.15) is 27.7 Å². The highest BCUT2D eigenvalue weighted by Gasteiger charge is 2.16. The molecule has 2 N–H and O–H groups in total. The molecule has 0 bridgehead atoms. The van der Waals surface area contributed by atoms with Gasteiger partial charge in [0.05, 0.1) is 0 Å². The van der Waals surface area contributed by atoms with E-state index in [9.17, 15) is 4.79 Å². The summed E-state index contributed by atoms with van der Waals surface area (Å²) in [5.41, 5.74) is 0.514. The van der Waals surface area contributed by atoms with Gasteiger partial charge in [-0.1, -0.05) is 11.6 Å². The van der Waals surface area contributed by atoms with Gasteiger partial charge in [0, 0.05) is 26.9 Å². The Labute approximate surface area is 138 Å². The van der Waals surface area contributed by atoms with E-state index < -0.39 is 11.7 Å². The van der Waals surface area contributed by atoms with Crippen LogP contribution in [0.3, 0.4) is 0 Å². The molecule has 0 aliphatic heterocycles. The molecule has 1 unspecified atom stereocenters. The molecule has 0 heterocycles. The third-order valence-electron chi connectivity index (χ3n) is 2.28. The quantitative estimate of drug-likeness (QED) is 0.729. The molecule has 1 amide bonds. The van der Waals surface area contributed by atoms with E-state index in [1.807, 2.05) is 45.9 Å². The number of ether oxygens (including phenoxy) is 1. The second-order valence-electron chi connectivity index (χ2n) is 5.55. The van der Waals surface area contributed by atoms with Gasteiger partial charge < -0.3 is 15.4 Å². The van der Waals surface area contributed by atoms with E-state index in [1.54, 1.807) is 0 Å². The summed E-state index contributed by atoms with van der Waals surface area (Å²) in [4.78, 5) is 11.5. The summed E-state index contributed by atoms with van der Waals surface area (Å²) < 4.78 is 6.22. The number of nitrogens with one attached hydrogen (secondary N) is 2. The molecule has 0 saturated heterocycles. The van der Waals surface area contributed by atoms with Gasteiger partial charge in [-0.2, -0.15) is 0 Å². The Morgan fingerprint density at radius 3 is 2.65 bits per heavy atom. The van der Waals surface area contributed by atoms with Gasteiger partial charge in [0.2, 0.25) is 0 Å². The first-order valence-electron chi connectivity index (χ1n) is 6.36. The smallest absolute Gasteiger partial charge is 0.407 e. The molecule has 1 aromatic rings. The Balaban J connectivity index is 2.44. The number of benzene rings is 1. The van der Waals surface area contributed by atoms with E-state index in [1.165, 1.54) is 0 Å². The molecule has 4 nitrogen and oxygen atoms in total. The summed E-state index contributed by atoms with van der Waals surface area (Å²) in [5, 5.41) is 6.76. The van der Waals surface area contributed by atoms with Crippen LogP contribution in [0.2, 0.25) is 5.02 Å². The van der Waals surface area contributed by atoms with Crippen LogP contribution in [0, 0.1) is 3.57 Å². The van der Waals surface area contributed by atoms with Gasteiger partial charge in [0.15, 0.2) is 0 Å². The van der Waals surface area contributed by atoms with Gasteiger partial charge in [-0.3, -0.25) is 0 Å². The lowest BCUT2D eigenvalue weighted by atomic mass is 10.2. The van der Waals surface area contributed by atoms with Crippen molar-refractivity contribution in [3.8, 4) is 0 Å². The maximum atomic E-state index is 11.5. The van der Waals surface area contributed by atoms with E-state index in [2.05, 4.69) is 33.2 Å². The van der Waals surface area contributed by atoms with Crippen molar-refractivity contribution >= 4 is 46.0 Å². The summed E-state index contributed by atoms with van der Waals surface area (Å²) in [5.74, 6) is 0. The van der Waals surface area contributed by atoms with Gasteiger partial charge in [-0.15, -0.1) is 0 Å². The van der Waals surface area contributed by atoms with Crippen molar-refractivity contribution in [1.29, 1.82) is 0 Å². The molecule has 0 aromatic heterocycles. The number of rotatable bonds is 4. The van der Waals surface area contributed by atoms with Gasteiger partial charge in [0.25, 0.3) is 0 Å². The van der Waals surface area contributed by atoms with Crippen molar-refractivity contribution in [3.63, 3.8) is 0 Å². The van der Waals surface area contributed by atoms with E-state index >= 15 is 0 Å². The van der Waals surface area contributed by atoms with Crippen molar-refractivity contribution < 1.29 is 9.53 Å². The molecular formula is C14H20ClIN2O2. The molecule has 1 atom stereocenters. The number of alkyl carbamates (subject to hydrolysis) is 1. The standard InChI is InChI=1S/C14H20ClIN2O2/c1-9(8-17-13(19)20-14(2,3)4)18-12-6-5-10(15)7-11(12)16/h5-7,9,18H,8H2,1-4H3,(H,17,19). The molecule has 0 radical (unpaired) electrons. The highest BCUT2D eigenvalue weighted by atomic mass is 127. The number of carbonyl (C=O) groups is 1. The maximum absolute atomic E-state index is 11.5. The highest BCUT2D eigenvalue weighted by molar-refractivity contribution is 14.1. The molecule has 0 fully saturated rings. The Morgan fingerprint density at radius 2 is 2.10 bits per heavy atom. The van der Waals surface area contributed by atoms with Crippen LogP contribution < -0.4 is 10.6 Å². The largest absolute Gasteiger partial charge is 0.444 e. The molecule has 1 rings (SSSR count). The minimum absolute atomic E-state index is 0.0807. The fourth-order valence-electron chi connectivity index (χ4n) is 1.47. The van der Waals surface area contributed by atoms with Crippen molar-refractivity contribution in [3.05, 3.63) is 26.8 Å². The molecule has 1 aromatic carbocycles. The average Bonchev–Trinajstić information content (AvgIpc) is 2.28. The van der Waals surface area contributed by atoms with E-state index in [0.29, 0.717) is 11.6 Å². The first-order valence-corrected chi connectivity index (χ1v) is 7.81. The van der Waals surface area contributed by atoms with Crippen molar-refractivity contribution in [2.75, 3.05) is 11.9 Å². The molecule has 0 spiro atoms. The molecule has 0 saturated carbocycles. The second-order valence-corrected chi connectivity index (χ2v) is 7.15. The summed E-state index contributed by atoms with van der Waals surface area (Å²) >= 11 is 8.13. The lowest BCUT2D eigenvalue weighted by Gasteiger charge is -2.21. The Bertz CT molecular complexity index is 475. The van der Waals surface area contributed by atoms with Crippen molar-refractivity contribution in [2.45, 2.75) is 39.3 Å². The number of anilines is 1. The first-order chi connectivity index (χ1) is 9.17. The lowest BCUT2D eigenvalue weighted by Crippen LogP contribution is -2.38. The Hall–Kier alpha value is -0.690. The van der Waals surface area contributed by atoms with Crippen molar-refractivity contribution in [1.82, 2.24) is 5.32 Å². The Kier molecular flexibility index (Phi) is 6.39. The third kappa shape index (κ3) is 6.65.